The van der Waals surface area contributed by atoms with Gasteiger partial charge in [-0.25, -0.2) is 4.98 Å². The Hall–Kier alpha value is -2.44. The van der Waals surface area contributed by atoms with E-state index >= 15 is 0 Å². The maximum Gasteiger partial charge on any atom is 0.435 e. The molecule has 0 atom stereocenters. The van der Waals surface area contributed by atoms with Gasteiger partial charge in [0.05, 0.1) is 16.8 Å². The summed E-state index contributed by atoms with van der Waals surface area (Å²) in [6.45, 7) is 2.74. The van der Waals surface area contributed by atoms with Crippen LogP contribution in [-0.2, 0) is 25.1 Å². The molecular weight excluding hydrogens is 469 g/mol. The first kappa shape index (κ1) is 24.8. The van der Waals surface area contributed by atoms with Crippen molar-refractivity contribution >= 4 is 23.2 Å². The van der Waals surface area contributed by atoms with Gasteiger partial charge in [0.15, 0.2) is 5.69 Å². The number of nitrogens with zero attached hydrogens (tertiary/aromatic N) is 2. The predicted octanol–water partition coefficient (Wildman–Crippen LogP) is 6.35. The maximum atomic E-state index is 13.3. The predicted molar refractivity (Wildman–Crippen MR) is 93.1 cm³/mol. The van der Waals surface area contributed by atoms with Crippen molar-refractivity contribution in [2.45, 2.75) is 38.9 Å². The molecule has 0 fully saturated rings. The van der Waals surface area contributed by atoms with Crippen molar-refractivity contribution < 1.29 is 39.5 Å². The minimum atomic E-state index is -5.25. The zero-order valence-corrected chi connectivity index (χ0v) is 16.4. The summed E-state index contributed by atoms with van der Waals surface area (Å²) in [6, 6.07) is 0.360. The number of rotatable bonds is 4. The first-order valence-electron chi connectivity index (χ1n) is 8.36. The summed E-state index contributed by atoms with van der Waals surface area (Å²) in [5.74, 6) is -1.45. The van der Waals surface area contributed by atoms with Crippen molar-refractivity contribution in [2.75, 3.05) is 5.32 Å². The van der Waals surface area contributed by atoms with Crippen molar-refractivity contribution in [1.29, 1.82) is 0 Å². The topological polar surface area (TPSA) is 46.9 Å². The van der Waals surface area contributed by atoms with Crippen LogP contribution in [0.15, 0.2) is 23.0 Å². The van der Waals surface area contributed by atoms with E-state index in [1.165, 1.54) is 13.8 Å². The summed E-state index contributed by atoms with van der Waals surface area (Å²) in [6.07, 6.45) is -15.4. The number of alkyl halides is 9. The normalized spacial score (nSPS) is 13.1. The van der Waals surface area contributed by atoms with Crippen LogP contribution < -0.4 is 10.9 Å². The molecule has 1 aromatic carbocycles. The fourth-order valence-electron chi connectivity index (χ4n) is 2.54. The minimum Gasteiger partial charge on any atom is -0.325 e. The number of nitrogens with one attached hydrogen (secondary N) is 1. The molecule has 0 bridgehead atoms. The molecule has 0 aliphatic carbocycles. The Balaban J connectivity index is 2.79. The molecule has 1 aromatic heterocycles. The fourth-order valence-corrected chi connectivity index (χ4v) is 2.79. The molecule has 1 N–H and O–H groups in total. The summed E-state index contributed by atoms with van der Waals surface area (Å²) in [7, 11) is 0. The average Bonchev–Trinajstić information content (AvgIpc) is 2.58. The van der Waals surface area contributed by atoms with Crippen LogP contribution in [-0.4, -0.2) is 9.55 Å². The van der Waals surface area contributed by atoms with E-state index in [-0.39, 0.29) is 24.7 Å². The Morgan fingerprint density at radius 3 is 2.03 bits per heavy atom. The highest BCUT2D eigenvalue weighted by Crippen LogP contribution is 2.40. The Morgan fingerprint density at radius 1 is 1.00 bits per heavy atom. The molecule has 0 radical (unpaired) electrons. The summed E-state index contributed by atoms with van der Waals surface area (Å²) < 4.78 is 119. The molecule has 0 spiro atoms. The third-order valence-electron chi connectivity index (χ3n) is 3.83. The van der Waals surface area contributed by atoms with Gasteiger partial charge in [0.25, 0.3) is 5.56 Å². The molecule has 0 saturated carbocycles. The number of hydrogen-bond acceptors (Lipinski definition) is 3. The molecular formula is C17H13ClF9N3O. The van der Waals surface area contributed by atoms with Crippen LogP contribution in [0.3, 0.4) is 0 Å². The summed E-state index contributed by atoms with van der Waals surface area (Å²) in [5.41, 5.74) is -7.63. The number of halogens is 10. The highest BCUT2D eigenvalue weighted by Gasteiger charge is 2.40. The lowest BCUT2D eigenvalue weighted by atomic mass is 10.1. The van der Waals surface area contributed by atoms with Crippen LogP contribution in [0.2, 0.25) is 5.02 Å². The van der Waals surface area contributed by atoms with Gasteiger partial charge in [-0.2, -0.15) is 39.5 Å². The number of benzene rings is 1. The van der Waals surface area contributed by atoms with Gasteiger partial charge in [0.2, 0.25) is 5.95 Å². The van der Waals surface area contributed by atoms with Gasteiger partial charge in [-0.05, 0) is 24.1 Å². The maximum absolute atomic E-state index is 13.3. The van der Waals surface area contributed by atoms with Crippen molar-refractivity contribution in [3.05, 3.63) is 50.4 Å². The highest BCUT2D eigenvalue weighted by atomic mass is 35.5. The minimum absolute atomic E-state index is 0.0660. The van der Waals surface area contributed by atoms with Gasteiger partial charge >= 0.3 is 18.5 Å². The highest BCUT2D eigenvalue weighted by molar-refractivity contribution is 6.31. The van der Waals surface area contributed by atoms with Gasteiger partial charge in [-0.15, -0.1) is 0 Å². The van der Waals surface area contributed by atoms with Crippen molar-refractivity contribution in [1.82, 2.24) is 9.55 Å². The van der Waals surface area contributed by atoms with Crippen LogP contribution in [0.1, 0.15) is 30.7 Å². The van der Waals surface area contributed by atoms with E-state index in [0.717, 1.165) is 0 Å². The molecule has 2 rings (SSSR count). The summed E-state index contributed by atoms with van der Waals surface area (Å²) in [4.78, 5) is 15.5. The van der Waals surface area contributed by atoms with Crippen LogP contribution in [0.5, 0.6) is 0 Å². The standard InChI is InChI=1S/C17H13ClF9N3O/c1-7(2)6-30-13(31)11(18)12(17(25,26)27)29-14(30)28-10-5-8(15(19,20)21)3-4-9(10)16(22,23)24/h3-5,7H,6H2,1-2H3,(H,28,29). The van der Waals surface area contributed by atoms with Crippen molar-refractivity contribution in [3.63, 3.8) is 0 Å². The summed E-state index contributed by atoms with van der Waals surface area (Å²) in [5, 5.41) is 0.499. The Kier molecular flexibility index (Phi) is 6.60. The molecule has 0 aliphatic heterocycles. The molecule has 0 saturated heterocycles. The van der Waals surface area contributed by atoms with E-state index in [2.05, 4.69) is 4.98 Å². The molecule has 1 heterocycles. The number of aromatic nitrogens is 2. The smallest absolute Gasteiger partial charge is 0.325 e. The second kappa shape index (κ2) is 8.24. The van der Waals surface area contributed by atoms with E-state index < -0.39 is 63.5 Å². The average molecular weight is 482 g/mol. The molecule has 0 amide bonds. The van der Waals surface area contributed by atoms with E-state index in [1.807, 2.05) is 5.32 Å². The molecule has 0 aliphatic rings. The van der Waals surface area contributed by atoms with Crippen LogP contribution in [0, 0.1) is 5.92 Å². The number of anilines is 2. The van der Waals surface area contributed by atoms with Gasteiger partial charge in [-0.3, -0.25) is 9.36 Å². The first-order valence-corrected chi connectivity index (χ1v) is 8.73. The van der Waals surface area contributed by atoms with Crippen LogP contribution >= 0.6 is 11.6 Å². The first-order chi connectivity index (χ1) is 13.9. The van der Waals surface area contributed by atoms with Crippen LogP contribution in [0.4, 0.5) is 51.1 Å². The van der Waals surface area contributed by atoms with E-state index in [0.29, 0.717) is 4.57 Å². The lowest BCUT2D eigenvalue weighted by Crippen LogP contribution is -2.30. The Labute approximate surface area is 173 Å². The van der Waals surface area contributed by atoms with Crippen molar-refractivity contribution in [2.24, 2.45) is 5.92 Å². The Bertz CT molecular complexity index is 1020. The van der Waals surface area contributed by atoms with Crippen molar-refractivity contribution in [3.8, 4) is 0 Å². The molecule has 14 heteroatoms. The fraction of sp³-hybridized carbons (Fsp3) is 0.412. The third kappa shape index (κ3) is 5.63. The molecule has 4 nitrogen and oxygen atoms in total. The Morgan fingerprint density at radius 2 is 1.58 bits per heavy atom. The van der Waals surface area contributed by atoms with Crippen LogP contribution in [0.25, 0.3) is 0 Å². The second-order valence-electron chi connectivity index (χ2n) is 6.79. The van der Waals surface area contributed by atoms with Gasteiger partial charge in [-0.1, -0.05) is 25.4 Å². The van der Waals surface area contributed by atoms with E-state index in [1.54, 1.807) is 0 Å². The molecule has 0 unspecified atom stereocenters. The SMILES string of the molecule is CC(C)Cn1c(Nc2cc(C(F)(F)F)ccc2C(F)(F)F)nc(C(F)(F)F)c(Cl)c1=O. The lowest BCUT2D eigenvalue weighted by Gasteiger charge is -2.21. The second-order valence-corrected chi connectivity index (χ2v) is 7.16. The summed E-state index contributed by atoms with van der Waals surface area (Å²) >= 11 is 5.46. The zero-order valence-electron chi connectivity index (χ0n) is 15.6. The molecule has 31 heavy (non-hydrogen) atoms. The zero-order chi connectivity index (χ0) is 23.9. The monoisotopic (exact) mass is 481 g/mol. The largest absolute Gasteiger partial charge is 0.435 e. The van der Waals surface area contributed by atoms with Gasteiger partial charge < -0.3 is 5.32 Å². The molecule has 172 valence electrons. The van der Waals surface area contributed by atoms with Gasteiger partial charge in [0.1, 0.15) is 5.02 Å². The van der Waals surface area contributed by atoms with E-state index in [9.17, 15) is 44.3 Å². The van der Waals surface area contributed by atoms with Gasteiger partial charge in [0, 0.05) is 6.54 Å². The number of hydrogen-bond donors (Lipinski definition) is 1. The van der Waals surface area contributed by atoms with E-state index in [4.69, 9.17) is 11.6 Å². The quantitative estimate of drug-likeness (QED) is 0.517. The lowest BCUT2D eigenvalue weighted by molar-refractivity contribution is -0.141. The third-order valence-corrected chi connectivity index (χ3v) is 4.17. The molecule has 2 aromatic rings.